The SMILES string of the molecule is Nc1cnc2c(-c3cc(OC(F)F)[nH]n3)nn(CC3CCOCC3)c2n1. The second-order valence-corrected chi connectivity index (χ2v) is 6.05. The van der Waals surface area contributed by atoms with Crippen LogP contribution in [0.4, 0.5) is 14.6 Å². The van der Waals surface area contributed by atoms with Crippen LogP contribution >= 0.6 is 0 Å². The zero-order chi connectivity index (χ0) is 18.1. The summed E-state index contributed by atoms with van der Waals surface area (Å²) in [6.45, 7) is -0.857. The lowest BCUT2D eigenvalue weighted by atomic mass is 10.0. The normalized spacial score (nSPS) is 15.8. The number of fused-ring (bicyclic) bond motifs is 1. The van der Waals surface area contributed by atoms with Crippen molar-refractivity contribution in [1.29, 1.82) is 0 Å². The highest BCUT2D eigenvalue weighted by atomic mass is 19.3. The monoisotopic (exact) mass is 365 g/mol. The zero-order valence-corrected chi connectivity index (χ0v) is 13.7. The molecule has 1 aliphatic heterocycles. The molecule has 11 heteroatoms. The van der Waals surface area contributed by atoms with Gasteiger partial charge in [-0.1, -0.05) is 0 Å². The summed E-state index contributed by atoms with van der Waals surface area (Å²) >= 11 is 0. The number of H-pyrrole nitrogens is 1. The summed E-state index contributed by atoms with van der Waals surface area (Å²) < 4.78 is 36.2. The molecular formula is C15H17F2N7O2. The first-order valence-electron chi connectivity index (χ1n) is 8.17. The standard InChI is InChI=1S/C15H17F2N7O2/c16-15(17)26-11-5-9(21-22-11)12-13-14(20-10(18)6-19-13)24(23-12)7-8-1-3-25-4-2-8/h5-6,8,15H,1-4,7H2,(H2,18,20)(H,21,22). The van der Waals surface area contributed by atoms with Crippen molar-refractivity contribution in [3.8, 4) is 17.3 Å². The maximum atomic E-state index is 12.4. The number of anilines is 1. The van der Waals surface area contributed by atoms with Crippen LogP contribution in [0.1, 0.15) is 12.8 Å². The van der Waals surface area contributed by atoms with E-state index in [9.17, 15) is 8.78 Å². The quantitative estimate of drug-likeness (QED) is 0.708. The molecule has 3 N–H and O–H groups in total. The first-order valence-corrected chi connectivity index (χ1v) is 8.17. The molecule has 26 heavy (non-hydrogen) atoms. The molecule has 1 fully saturated rings. The van der Waals surface area contributed by atoms with Crippen molar-refractivity contribution < 1.29 is 18.3 Å². The van der Waals surface area contributed by atoms with E-state index in [-0.39, 0.29) is 11.7 Å². The smallest absolute Gasteiger partial charge is 0.388 e. The van der Waals surface area contributed by atoms with Crippen molar-refractivity contribution in [3.63, 3.8) is 0 Å². The van der Waals surface area contributed by atoms with E-state index < -0.39 is 6.61 Å². The maximum absolute atomic E-state index is 12.4. The molecule has 0 unspecified atom stereocenters. The summed E-state index contributed by atoms with van der Waals surface area (Å²) in [4.78, 5) is 8.64. The number of halogens is 2. The highest BCUT2D eigenvalue weighted by Gasteiger charge is 2.22. The van der Waals surface area contributed by atoms with Crippen molar-refractivity contribution >= 4 is 17.0 Å². The first kappa shape index (κ1) is 16.6. The van der Waals surface area contributed by atoms with E-state index in [4.69, 9.17) is 10.5 Å². The van der Waals surface area contributed by atoms with Crippen LogP contribution in [0.2, 0.25) is 0 Å². The van der Waals surface area contributed by atoms with E-state index in [0.717, 1.165) is 26.1 Å². The highest BCUT2D eigenvalue weighted by molar-refractivity contribution is 5.87. The minimum absolute atomic E-state index is 0.148. The number of nitrogens with one attached hydrogen (secondary N) is 1. The van der Waals surface area contributed by atoms with E-state index >= 15 is 0 Å². The second-order valence-electron chi connectivity index (χ2n) is 6.05. The Morgan fingerprint density at radius 2 is 2.19 bits per heavy atom. The molecule has 0 atom stereocenters. The summed E-state index contributed by atoms with van der Waals surface area (Å²) in [6, 6.07) is 1.35. The third-order valence-electron chi connectivity index (χ3n) is 4.25. The first-order chi connectivity index (χ1) is 12.6. The molecule has 3 aromatic rings. The molecule has 4 rings (SSSR count). The Morgan fingerprint density at radius 3 is 2.96 bits per heavy atom. The number of aromatic nitrogens is 6. The van der Waals surface area contributed by atoms with Crippen LogP contribution in [0.25, 0.3) is 22.6 Å². The Labute approximate surface area is 146 Å². The van der Waals surface area contributed by atoms with Crippen LogP contribution in [0, 0.1) is 5.92 Å². The molecule has 0 radical (unpaired) electrons. The lowest BCUT2D eigenvalue weighted by Gasteiger charge is -2.21. The van der Waals surface area contributed by atoms with Gasteiger partial charge >= 0.3 is 6.61 Å². The van der Waals surface area contributed by atoms with Gasteiger partial charge < -0.3 is 15.2 Å². The van der Waals surface area contributed by atoms with Gasteiger partial charge in [0.25, 0.3) is 0 Å². The van der Waals surface area contributed by atoms with Crippen molar-refractivity contribution in [2.24, 2.45) is 5.92 Å². The Balaban J connectivity index is 1.71. The number of alkyl halides is 2. The molecular weight excluding hydrogens is 348 g/mol. The van der Waals surface area contributed by atoms with Gasteiger partial charge in [0.2, 0.25) is 5.88 Å². The van der Waals surface area contributed by atoms with E-state index in [2.05, 4.69) is 30.0 Å². The van der Waals surface area contributed by atoms with Gasteiger partial charge in [-0.05, 0) is 18.8 Å². The zero-order valence-electron chi connectivity index (χ0n) is 13.7. The average Bonchev–Trinajstić information content (AvgIpc) is 3.20. The fraction of sp³-hybridized carbons (Fsp3) is 0.467. The average molecular weight is 365 g/mol. The number of aromatic amines is 1. The number of ether oxygens (including phenoxy) is 2. The predicted molar refractivity (Wildman–Crippen MR) is 87.5 cm³/mol. The van der Waals surface area contributed by atoms with Crippen LogP contribution < -0.4 is 10.5 Å². The van der Waals surface area contributed by atoms with Gasteiger partial charge in [-0.25, -0.2) is 19.7 Å². The number of hydrogen-bond donors (Lipinski definition) is 2. The number of nitrogens with zero attached hydrogens (tertiary/aromatic N) is 5. The van der Waals surface area contributed by atoms with Crippen molar-refractivity contribution in [3.05, 3.63) is 12.3 Å². The Morgan fingerprint density at radius 1 is 1.38 bits per heavy atom. The van der Waals surface area contributed by atoms with Gasteiger partial charge in [-0.3, -0.25) is 0 Å². The molecule has 4 heterocycles. The second kappa shape index (κ2) is 6.83. The van der Waals surface area contributed by atoms with E-state index in [1.165, 1.54) is 12.3 Å². The van der Waals surface area contributed by atoms with Crippen molar-refractivity contribution in [2.45, 2.75) is 26.0 Å². The molecule has 0 amide bonds. The number of rotatable bonds is 5. The lowest BCUT2D eigenvalue weighted by Crippen LogP contribution is -2.21. The van der Waals surface area contributed by atoms with Gasteiger partial charge in [-0.15, -0.1) is 0 Å². The van der Waals surface area contributed by atoms with Crippen molar-refractivity contribution in [1.82, 2.24) is 29.9 Å². The molecule has 1 saturated heterocycles. The summed E-state index contributed by atoms with van der Waals surface area (Å²) in [5, 5.41) is 11.0. The largest absolute Gasteiger partial charge is 0.417 e. The third-order valence-corrected chi connectivity index (χ3v) is 4.25. The number of hydrogen-bond acceptors (Lipinski definition) is 7. The van der Waals surface area contributed by atoms with Crippen molar-refractivity contribution in [2.75, 3.05) is 18.9 Å². The van der Waals surface area contributed by atoms with Crippen LogP contribution in [0.3, 0.4) is 0 Å². The predicted octanol–water partition coefficient (Wildman–Crippen LogP) is 1.83. The summed E-state index contributed by atoms with van der Waals surface area (Å²) in [5.41, 5.74) is 7.58. The molecule has 1 aliphatic rings. The summed E-state index contributed by atoms with van der Waals surface area (Å²) in [7, 11) is 0. The molecule has 9 nitrogen and oxygen atoms in total. The van der Waals surface area contributed by atoms with Gasteiger partial charge in [-0.2, -0.15) is 19.0 Å². The van der Waals surface area contributed by atoms with Crippen LogP contribution in [-0.2, 0) is 11.3 Å². The van der Waals surface area contributed by atoms with Gasteiger partial charge in [0.05, 0.1) is 6.20 Å². The third kappa shape index (κ3) is 3.29. The number of nitrogens with two attached hydrogens (primary N) is 1. The lowest BCUT2D eigenvalue weighted by molar-refractivity contribution is -0.0528. The number of nitrogen functional groups attached to an aromatic ring is 1. The van der Waals surface area contributed by atoms with Gasteiger partial charge in [0, 0.05) is 25.8 Å². The fourth-order valence-electron chi connectivity index (χ4n) is 3.01. The van der Waals surface area contributed by atoms with E-state index in [1.807, 2.05) is 0 Å². The molecule has 0 bridgehead atoms. The highest BCUT2D eigenvalue weighted by Crippen LogP contribution is 2.28. The molecule has 138 valence electrons. The molecule has 3 aromatic heterocycles. The topological polar surface area (TPSA) is 117 Å². The van der Waals surface area contributed by atoms with Crippen LogP contribution in [0.5, 0.6) is 5.88 Å². The Kier molecular flexibility index (Phi) is 4.37. The molecule has 0 aromatic carbocycles. The minimum Gasteiger partial charge on any atom is -0.417 e. The van der Waals surface area contributed by atoms with Gasteiger partial charge in [0.15, 0.2) is 5.65 Å². The Bertz CT molecular complexity index is 905. The summed E-state index contributed by atoms with van der Waals surface area (Å²) in [6.07, 6.45) is 3.29. The molecule has 0 spiro atoms. The maximum Gasteiger partial charge on any atom is 0.388 e. The van der Waals surface area contributed by atoms with Crippen LogP contribution in [0.15, 0.2) is 12.3 Å². The molecule has 0 saturated carbocycles. The van der Waals surface area contributed by atoms with Crippen LogP contribution in [-0.4, -0.2) is 49.8 Å². The fourth-order valence-corrected chi connectivity index (χ4v) is 3.01. The molecule has 0 aliphatic carbocycles. The van der Waals surface area contributed by atoms with E-state index in [0.29, 0.717) is 35.0 Å². The van der Waals surface area contributed by atoms with Gasteiger partial charge in [0.1, 0.15) is 22.7 Å². The summed E-state index contributed by atoms with van der Waals surface area (Å²) in [5.74, 6) is 0.534. The minimum atomic E-state index is -2.94. The Hall–Kier alpha value is -2.82. The van der Waals surface area contributed by atoms with E-state index in [1.54, 1.807) is 4.68 Å².